The lowest BCUT2D eigenvalue weighted by Gasteiger charge is -2.29. The number of hydrogen-bond donors (Lipinski definition) is 3. The first-order valence-corrected chi connectivity index (χ1v) is 6.35. The zero-order chi connectivity index (χ0) is 12.9. The first-order valence-electron chi connectivity index (χ1n) is 6.35. The molecule has 1 rings (SSSR count). The Morgan fingerprint density at radius 1 is 1.29 bits per heavy atom. The third-order valence-electron chi connectivity index (χ3n) is 3.47. The maximum Gasteiger partial charge on any atom is 0.243 e. The first-order chi connectivity index (χ1) is 8.04. The molecule has 17 heavy (non-hydrogen) atoms. The molecule has 1 aliphatic carbocycles. The quantitative estimate of drug-likeness (QED) is 0.565. The second kappa shape index (κ2) is 6.00. The SMILES string of the molecule is CCC(CC)(NC(=O)CNCC1CC1)C(N)=O. The van der Waals surface area contributed by atoms with E-state index in [0.717, 1.165) is 12.5 Å². The van der Waals surface area contributed by atoms with Crippen LogP contribution in [0.5, 0.6) is 0 Å². The molecule has 0 atom stereocenters. The van der Waals surface area contributed by atoms with E-state index in [9.17, 15) is 9.59 Å². The molecule has 1 saturated carbocycles. The van der Waals surface area contributed by atoms with Crippen LogP contribution in [-0.2, 0) is 9.59 Å². The summed E-state index contributed by atoms with van der Waals surface area (Å²) in [4.78, 5) is 23.1. The summed E-state index contributed by atoms with van der Waals surface area (Å²) >= 11 is 0. The second-order valence-electron chi connectivity index (χ2n) is 4.78. The Bertz CT molecular complexity index is 283. The summed E-state index contributed by atoms with van der Waals surface area (Å²) in [5.74, 6) is 0.118. The number of carbonyl (C=O) groups is 2. The van der Waals surface area contributed by atoms with Gasteiger partial charge in [-0.2, -0.15) is 0 Å². The molecule has 0 aromatic carbocycles. The Morgan fingerprint density at radius 3 is 2.29 bits per heavy atom. The number of carbonyl (C=O) groups excluding carboxylic acids is 2. The lowest BCUT2D eigenvalue weighted by atomic mass is 9.92. The highest BCUT2D eigenvalue weighted by molar-refractivity contribution is 5.90. The molecule has 0 unspecified atom stereocenters. The minimum absolute atomic E-state index is 0.159. The molecule has 0 radical (unpaired) electrons. The molecular weight excluding hydrogens is 218 g/mol. The molecular formula is C12H23N3O2. The van der Waals surface area contributed by atoms with Crippen molar-refractivity contribution in [3.63, 3.8) is 0 Å². The van der Waals surface area contributed by atoms with E-state index in [1.165, 1.54) is 12.8 Å². The summed E-state index contributed by atoms with van der Waals surface area (Å²) in [5.41, 5.74) is 4.46. The van der Waals surface area contributed by atoms with Gasteiger partial charge < -0.3 is 16.4 Å². The van der Waals surface area contributed by atoms with Crippen molar-refractivity contribution in [1.29, 1.82) is 0 Å². The van der Waals surface area contributed by atoms with Gasteiger partial charge in [0, 0.05) is 0 Å². The number of hydrogen-bond acceptors (Lipinski definition) is 3. The lowest BCUT2D eigenvalue weighted by Crippen LogP contribution is -2.58. The topological polar surface area (TPSA) is 84.2 Å². The van der Waals surface area contributed by atoms with Crippen LogP contribution < -0.4 is 16.4 Å². The van der Waals surface area contributed by atoms with Crippen LogP contribution >= 0.6 is 0 Å². The predicted octanol–water partition coefficient (Wildman–Crippen LogP) is 0.146. The number of primary amides is 1. The van der Waals surface area contributed by atoms with Gasteiger partial charge in [-0.05, 0) is 38.1 Å². The Balaban J connectivity index is 2.36. The van der Waals surface area contributed by atoms with Crippen molar-refractivity contribution >= 4 is 11.8 Å². The van der Waals surface area contributed by atoms with Gasteiger partial charge >= 0.3 is 0 Å². The van der Waals surface area contributed by atoms with Crippen molar-refractivity contribution in [3.8, 4) is 0 Å². The minimum Gasteiger partial charge on any atom is -0.368 e. The van der Waals surface area contributed by atoms with E-state index in [2.05, 4.69) is 10.6 Å². The van der Waals surface area contributed by atoms with Crippen molar-refractivity contribution in [2.45, 2.75) is 45.1 Å². The largest absolute Gasteiger partial charge is 0.368 e. The summed E-state index contributed by atoms with van der Waals surface area (Å²) in [6.07, 6.45) is 3.55. The van der Waals surface area contributed by atoms with Crippen LogP contribution in [0.4, 0.5) is 0 Å². The summed E-state index contributed by atoms with van der Waals surface area (Å²) in [7, 11) is 0. The van der Waals surface area contributed by atoms with E-state index >= 15 is 0 Å². The fourth-order valence-electron chi connectivity index (χ4n) is 1.86. The van der Waals surface area contributed by atoms with Crippen LogP contribution in [0.15, 0.2) is 0 Å². The van der Waals surface area contributed by atoms with Crippen LogP contribution in [0.25, 0.3) is 0 Å². The van der Waals surface area contributed by atoms with E-state index in [1.807, 2.05) is 13.8 Å². The van der Waals surface area contributed by atoms with Crippen molar-refractivity contribution < 1.29 is 9.59 Å². The maximum atomic E-state index is 11.7. The molecule has 5 heteroatoms. The van der Waals surface area contributed by atoms with Crippen LogP contribution in [-0.4, -0.2) is 30.4 Å². The molecule has 0 aromatic heterocycles. The molecule has 4 N–H and O–H groups in total. The zero-order valence-corrected chi connectivity index (χ0v) is 10.7. The van der Waals surface area contributed by atoms with Crippen LogP contribution in [0.3, 0.4) is 0 Å². The third kappa shape index (κ3) is 4.00. The van der Waals surface area contributed by atoms with E-state index in [4.69, 9.17) is 5.73 Å². The molecule has 0 bridgehead atoms. The van der Waals surface area contributed by atoms with Gasteiger partial charge in [-0.15, -0.1) is 0 Å². The molecule has 1 aliphatic rings. The van der Waals surface area contributed by atoms with E-state index in [-0.39, 0.29) is 12.5 Å². The Hall–Kier alpha value is -1.10. The van der Waals surface area contributed by atoms with Crippen molar-refractivity contribution in [3.05, 3.63) is 0 Å². The fourth-order valence-corrected chi connectivity index (χ4v) is 1.86. The van der Waals surface area contributed by atoms with Gasteiger partial charge in [-0.3, -0.25) is 9.59 Å². The molecule has 0 aliphatic heterocycles. The zero-order valence-electron chi connectivity index (χ0n) is 10.7. The molecule has 98 valence electrons. The first kappa shape index (κ1) is 14.0. The van der Waals surface area contributed by atoms with Crippen LogP contribution in [0.1, 0.15) is 39.5 Å². The normalized spacial score (nSPS) is 15.6. The van der Waals surface area contributed by atoms with Crippen molar-refractivity contribution in [2.24, 2.45) is 11.7 Å². The number of rotatable bonds is 8. The number of amides is 2. The highest BCUT2D eigenvalue weighted by atomic mass is 16.2. The smallest absolute Gasteiger partial charge is 0.243 e. The fraction of sp³-hybridized carbons (Fsp3) is 0.833. The molecule has 5 nitrogen and oxygen atoms in total. The third-order valence-corrected chi connectivity index (χ3v) is 3.47. The monoisotopic (exact) mass is 241 g/mol. The number of nitrogens with one attached hydrogen (secondary N) is 2. The predicted molar refractivity (Wildman–Crippen MR) is 66.2 cm³/mol. The highest BCUT2D eigenvalue weighted by Crippen LogP contribution is 2.27. The van der Waals surface area contributed by atoms with Gasteiger partial charge in [0.05, 0.1) is 6.54 Å². The van der Waals surface area contributed by atoms with Gasteiger partial charge in [0.15, 0.2) is 0 Å². The average molecular weight is 241 g/mol. The Kier molecular flexibility index (Phi) is 4.93. The molecule has 1 fully saturated rings. The highest BCUT2D eigenvalue weighted by Gasteiger charge is 2.34. The summed E-state index contributed by atoms with van der Waals surface area (Å²) in [6.45, 7) is 4.85. The van der Waals surface area contributed by atoms with Crippen LogP contribution in [0, 0.1) is 5.92 Å². The Labute approximate surface area is 103 Å². The van der Waals surface area contributed by atoms with Gasteiger partial charge in [0.1, 0.15) is 5.54 Å². The van der Waals surface area contributed by atoms with Gasteiger partial charge in [0.25, 0.3) is 0 Å². The van der Waals surface area contributed by atoms with E-state index < -0.39 is 11.4 Å². The molecule has 0 saturated heterocycles. The van der Waals surface area contributed by atoms with E-state index in [1.54, 1.807) is 0 Å². The standard InChI is InChI=1S/C12H23N3O2/c1-3-12(4-2,11(13)17)15-10(16)8-14-7-9-5-6-9/h9,14H,3-8H2,1-2H3,(H2,13,17)(H,15,16). The summed E-state index contributed by atoms with van der Waals surface area (Å²) in [6, 6.07) is 0. The maximum absolute atomic E-state index is 11.7. The van der Waals surface area contributed by atoms with Crippen molar-refractivity contribution in [1.82, 2.24) is 10.6 Å². The van der Waals surface area contributed by atoms with Crippen molar-refractivity contribution in [2.75, 3.05) is 13.1 Å². The summed E-state index contributed by atoms with van der Waals surface area (Å²) in [5, 5.41) is 5.84. The number of nitrogens with two attached hydrogens (primary N) is 1. The van der Waals surface area contributed by atoms with Crippen LogP contribution in [0.2, 0.25) is 0 Å². The molecule has 0 spiro atoms. The molecule has 0 heterocycles. The van der Waals surface area contributed by atoms with E-state index in [0.29, 0.717) is 12.8 Å². The van der Waals surface area contributed by atoms with Gasteiger partial charge in [-0.25, -0.2) is 0 Å². The average Bonchev–Trinajstić information content (AvgIpc) is 3.09. The lowest BCUT2D eigenvalue weighted by molar-refractivity contribution is -0.131. The molecule has 2 amide bonds. The second-order valence-corrected chi connectivity index (χ2v) is 4.78. The van der Waals surface area contributed by atoms with Gasteiger partial charge in [0.2, 0.25) is 11.8 Å². The summed E-state index contributed by atoms with van der Waals surface area (Å²) < 4.78 is 0. The van der Waals surface area contributed by atoms with Gasteiger partial charge in [-0.1, -0.05) is 13.8 Å². The minimum atomic E-state index is -0.891. The molecule has 0 aromatic rings. The Morgan fingerprint density at radius 2 is 1.88 bits per heavy atom.